The standard InChI is InChI=1S/C12H14ClF3O/c1-2-17-11-6-5-10(12(14,15)16)8-9(11)4-3-7-13/h5-6,8H,2-4,7H2,1H3. The first kappa shape index (κ1) is 14.2. The Bertz CT molecular complexity index is 363. The van der Waals surface area contributed by atoms with Gasteiger partial charge in [-0.25, -0.2) is 0 Å². The van der Waals surface area contributed by atoms with Gasteiger partial charge in [0.15, 0.2) is 0 Å². The van der Waals surface area contributed by atoms with Crippen molar-refractivity contribution in [3.8, 4) is 5.75 Å². The van der Waals surface area contributed by atoms with E-state index in [4.69, 9.17) is 16.3 Å². The maximum atomic E-state index is 12.5. The van der Waals surface area contributed by atoms with Gasteiger partial charge in [0.1, 0.15) is 5.75 Å². The average molecular weight is 267 g/mol. The van der Waals surface area contributed by atoms with Crippen LogP contribution in [0.3, 0.4) is 0 Å². The Hall–Kier alpha value is -0.900. The summed E-state index contributed by atoms with van der Waals surface area (Å²) in [7, 11) is 0. The topological polar surface area (TPSA) is 9.23 Å². The molecule has 96 valence electrons. The minimum absolute atomic E-state index is 0.418. The zero-order valence-electron chi connectivity index (χ0n) is 9.48. The van der Waals surface area contributed by atoms with Gasteiger partial charge in [-0.05, 0) is 43.5 Å². The number of ether oxygens (including phenoxy) is 1. The van der Waals surface area contributed by atoms with Crippen molar-refractivity contribution in [1.29, 1.82) is 0 Å². The molecule has 1 aromatic carbocycles. The van der Waals surface area contributed by atoms with Crippen molar-refractivity contribution in [1.82, 2.24) is 0 Å². The number of alkyl halides is 4. The fourth-order valence-electron chi connectivity index (χ4n) is 1.50. The van der Waals surface area contributed by atoms with Gasteiger partial charge in [-0.1, -0.05) is 0 Å². The number of halogens is 4. The van der Waals surface area contributed by atoms with E-state index in [0.29, 0.717) is 36.6 Å². The highest BCUT2D eigenvalue weighted by molar-refractivity contribution is 6.17. The number of hydrogen-bond donors (Lipinski definition) is 0. The second-order valence-electron chi connectivity index (χ2n) is 3.55. The molecule has 0 radical (unpaired) electrons. The van der Waals surface area contributed by atoms with E-state index in [9.17, 15) is 13.2 Å². The van der Waals surface area contributed by atoms with Crippen molar-refractivity contribution < 1.29 is 17.9 Å². The summed E-state index contributed by atoms with van der Waals surface area (Å²) in [6.07, 6.45) is -3.20. The van der Waals surface area contributed by atoms with Crippen LogP contribution in [0, 0.1) is 0 Å². The molecule has 0 heterocycles. The lowest BCUT2D eigenvalue weighted by Gasteiger charge is -2.13. The maximum absolute atomic E-state index is 12.5. The maximum Gasteiger partial charge on any atom is 0.416 e. The van der Waals surface area contributed by atoms with Crippen LogP contribution >= 0.6 is 11.6 Å². The summed E-state index contributed by atoms with van der Waals surface area (Å²) >= 11 is 5.55. The normalized spacial score (nSPS) is 11.6. The van der Waals surface area contributed by atoms with Crippen molar-refractivity contribution in [2.45, 2.75) is 25.9 Å². The van der Waals surface area contributed by atoms with E-state index in [1.165, 1.54) is 6.07 Å². The lowest BCUT2D eigenvalue weighted by Crippen LogP contribution is -2.07. The molecule has 0 aromatic heterocycles. The molecule has 0 amide bonds. The second kappa shape index (κ2) is 6.15. The first-order valence-corrected chi connectivity index (χ1v) is 5.91. The van der Waals surface area contributed by atoms with Crippen LogP contribution in [0.1, 0.15) is 24.5 Å². The van der Waals surface area contributed by atoms with Crippen LogP contribution in [0.15, 0.2) is 18.2 Å². The predicted molar refractivity (Wildman–Crippen MR) is 61.7 cm³/mol. The molecule has 0 unspecified atom stereocenters. The molecule has 1 nitrogen and oxygen atoms in total. The van der Waals surface area contributed by atoms with E-state index < -0.39 is 11.7 Å². The minimum atomic E-state index is -4.32. The number of benzene rings is 1. The summed E-state index contributed by atoms with van der Waals surface area (Å²) in [5.74, 6) is 0.924. The number of hydrogen-bond acceptors (Lipinski definition) is 1. The third-order valence-electron chi connectivity index (χ3n) is 2.27. The monoisotopic (exact) mass is 266 g/mol. The number of aryl methyl sites for hydroxylation is 1. The molecule has 0 atom stereocenters. The molecule has 0 spiro atoms. The van der Waals surface area contributed by atoms with E-state index in [-0.39, 0.29) is 0 Å². The van der Waals surface area contributed by atoms with Gasteiger partial charge in [0, 0.05) is 5.88 Å². The van der Waals surface area contributed by atoms with Crippen molar-refractivity contribution in [3.05, 3.63) is 29.3 Å². The third kappa shape index (κ3) is 4.11. The zero-order chi connectivity index (χ0) is 12.9. The van der Waals surface area contributed by atoms with Crippen LogP contribution in [0.25, 0.3) is 0 Å². The van der Waals surface area contributed by atoms with E-state index in [0.717, 1.165) is 12.1 Å². The van der Waals surface area contributed by atoms with Crippen LogP contribution < -0.4 is 4.74 Å². The van der Waals surface area contributed by atoms with Crippen molar-refractivity contribution in [3.63, 3.8) is 0 Å². The van der Waals surface area contributed by atoms with E-state index in [1.54, 1.807) is 6.92 Å². The Morgan fingerprint density at radius 1 is 1.29 bits per heavy atom. The van der Waals surface area contributed by atoms with Crippen LogP contribution in [0.5, 0.6) is 5.75 Å². The molecule has 0 saturated heterocycles. The lowest BCUT2D eigenvalue weighted by molar-refractivity contribution is -0.137. The van der Waals surface area contributed by atoms with Gasteiger partial charge in [0.25, 0.3) is 0 Å². The van der Waals surface area contributed by atoms with Crippen LogP contribution in [0.4, 0.5) is 13.2 Å². The Morgan fingerprint density at radius 2 is 2.00 bits per heavy atom. The largest absolute Gasteiger partial charge is 0.494 e. The SMILES string of the molecule is CCOc1ccc(C(F)(F)F)cc1CCCCl. The zero-order valence-corrected chi connectivity index (χ0v) is 10.2. The van der Waals surface area contributed by atoms with Crippen molar-refractivity contribution >= 4 is 11.6 Å². The van der Waals surface area contributed by atoms with Crippen LogP contribution in [0.2, 0.25) is 0 Å². The fourth-order valence-corrected chi connectivity index (χ4v) is 1.64. The Balaban J connectivity index is 3.01. The Kier molecular flexibility index (Phi) is 5.12. The highest BCUT2D eigenvalue weighted by atomic mass is 35.5. The number of rotatable bonds is 5. The third-order valence-corrected chi connectivity index (χ3v) is 2.53. The summed E-state index contributed by atoms with van der Waals surface area (Å²) in [6, 6.07) is 3.54. The molecule has 17 heavy (non-hydrogen) atoms. The first-order chi connectivity index (χ1) is 7.99. The molecule has 0 aliphatic rings. The van der Waals surface area contributed by atoms with E-state index in [1.807, 2.05) is 0 Å². The molecule has 0 aliphatic heterocycles. The molecular weight excluding hydrogens is 253 g/mol. The van der Waals surface area contributed by atoms with Crippen molar-refractivity contribution in [2.75, 3.05) is 12.5 Å². The highest BCUT2D eigenvalue weighted by Gasteiger charge is 2.31. The van der Waals surface area contributed by atoms with Gasteiger partial charge >= 0.3 is 6.18 Å². The molecule has 5 heteroatoms. The molecule has 0 bridgehead atoms. The molecule has 0 saturated carbocycles. The fraction of sp³-hybridized carbons (Fsp3) is 0.500. The highest BCUT2D eigenvalue weighted by Crippen LogP contribution is 2.33. The van der Waals surface area contributed by atoms with Crippen LogP contribution in [-0.2, 0) is 12.6 Å². The van der Waals surface area contributed by atoms with E-state index >= 15 is 0 Å². The Labute approximate surface area is 104 Å². The van der Waals surface area contributed by atoms with E-state index in [2.05, 4.69) is 0 Å². The molecule has 1 rings (SSSR count). The molecule has 1 aromatic rings. The molecular formula is C12H14ClF3O. The smallest absolute Gasteiger partial charge is 0.416 e. The summed E-state index contributed by atoms with van der Waals surface area (Å²) in [6.45, 7) is 2.22. The van der Waals surface area contributed by atoms with Gasteiger partial charge in [-0.2, -0.15) is 13.2 Å². The van der Waals surface area contributed by atoms with Crippen molar-refractivity contribution in [2.24, 2.45) is 0 Å². The first-order valence-electron chi connectivity index (χ1n) is 5.38. The minimum Gasteiger partial charge on any atom is -0.494 e. The van der Waals surface area contributed by atoms with Gasteiger partial charge in [-0.3, -0.25) is 0 Å². The average Bonchev–Trinajstić information content (AvgIpc) is 2.26. The second-order valence-corrected chi connectivity index (χ2v) is 3.92. The quantitative estimate of drug-likeness (QED) is 0.723. The van der Waals surface area contributed by atoms with Gasteiger partial charge in [0.2, 0.25) is 0 Å². The predicted octanol–water partition coefficient (Wildman–Crippen LogP) is 4.28. The summed E-state index contributed by atoms with van der Waals surface area (Å²) in [5, 5.41) is 0. The molecule has 0 N–H and O–H groups in total. The molecule has 0 fully saturated rings. The summed E-state index contributed by atoms with van der Waals surface area (Å²) < 4.78 is 42.9. The Morgan fingerprint density at radius 3 is 2.53 bits per heavy atom. The lowest BCUT2D eigenvalue weighted by atomic mass is 10.1. The van der Waals surface area contributed by atoms with Crippen LogP contribution in [-0.4, -0.2) is 12.5 Å². The van der Waals surface area contributed by atoms with Gasteiger partial charge in [-0.15, -0.1) is 11.6 Å². The van der Waals surface area contributed by atoms with Gasteiger partial charge < -0.3 is 4.74 Å². The molecule has 0 aliphatic carbocycles. The summed E-state index contributed by atoms with van der Waals surface area (Å²) in [5.41, 5.74) is -0.0900. The van der Waals surface area contributed by atoms with Gasteiger partial charge in [0.05, 0.1) is 12.2 Å². The summed E-state index contributed by atoms with van der Waals surface area (Å²) in [4.78, 5) is 0.